The molecule has 20 heavy (non-hydrogen) atoms. The number of aliphatic hydroxyl groups excluding tert-OH is 1. The Morgan fingerprint density at radius 1 is 1.35 bits per heavy atom. The Labute approximate surface area is 120 Å². The average molecular weight is 272 g/mol. The van der Waals surface area contributed by atoms with Crippen LogP contribution in [0.1, 0.15) is 18.9 Å². The van der Waals surface area contributed by atoms with Crippen LogP contribution in [-0.4, -0.2) is 42.9 Å². The van der Waals surface area contributed by atoms with Crippen molar-refractivity contribution >= 4 is 0 Å². The molecular formula is C16H20N2O2. The van der Waals surface area contributed by atoms with E-state index in [0.29, 0.717) is 13.0 Å². The highest BCUT2D eigenvalue weighted by molar-refractivity contribution is 5.38. The van der Waals surface area contributed by atoms with Crippen molar-refractivity contribution in [1.29, 1.82) is 5.26 Å². The standard InChI is InChI=1S/C16H20N2O2/c1-14(9-10-17)18(2)11-13-20-16-7-5-15(6-8-16)4-3-12-19/h5-8,14,19H,9,11-13H2,1-2H3. The van der Waals surface area contributed by atoms with Crippen LogP contribution in [0.25, 0.3) is 0 Å². The Balaban J connectivity index is 2.37. The maximum Gasteiger partial charge on any atom is 0.119 e. The van der Waals surface area contributed by atoms with Gasteiger partial charge < -0.3 is 9.84 Å². The van der Waals surface area contributed by atoms with Gasteiger partial charge in [-0.05, 0) is 38.2 Å². The van der Waals surface area contributed by atoms with Crippen molar-refractivity contribution < 1.29 is 9.84 Å². The van der Waals surface area contributed by atoms with E-state index in [4.69, 9.17) is 15.1 Å². The van der Waals surface area contributed by atoms with Crippen molar-refractivity contribution in [3.63, 3.8) is 0 Å². The molecule has 0 heterocycles. The molecule has 0 saturated carbocycles. The molecule has 1 atom stereocenters. The van der Waals surface area contributed by atoms with E-state index >= 15 is 0 Å². The van der Waals surface area contributed by atoms with E-state index in [1.54, 1.807) is 0 Å². The van der Waals surface area contributed by atoms with E-state index in [1.165, 1.54) is 0 Å². The Bertz CT molecular complexity index is 494. The van der Waals surface area contributed by atoms with Gasteiger partial charge in [0.05, 0.1) is 12.5 Å². The third-order valence-corrected chi connectivity index (χ3v) is 3.02. The Morgan fingerprint density at radius 3 is 2.65 bits per heavy atom. The number of likely N-dealkylation sites (N-methyl/N-ethyl adjacent to an activating group) is 1. The fourth-order valence-corrected chi connectivity index (χ4v) is 1.59. The molecule has 0 spiro atoms. The predicted octanol–water partition coefficient (Wildman–Crippen LogP) is 1.64. The molecule has 4 heteroatoms. The summed E-state index contributed by atoms with van der Waals surface area (Å²) in [6.07, 6.45) is 0.523. The number of nitriles is 1. The van der Waals surface area contributed by atoms with Gasteiger partial charge in [-0.2, -0.15) is 5.26 Å². The Kier molecular flexibility index (Phi) is 7.21. The van der Waals surface area contributed by atoms with E-state index < -0.39 is 0 Å². The lowest BCUT2D eigenvalue weighted by Crippen LogP contribution is -2.32. The summed E-state index contributed by atoms with van der Waals surface area (Å²) in [4.78, 5) is 2.10. The van der Waals surface area contributed by atoms with Gasteiger partial charge in [-0.3, -0.25) is 4.90 Å². The van der Waals surface area contributed by atoms with Gasteiger partial charge in [-0.15, -0.1) is 0 Å². The number of benzene rings is 1. The van der Waals surface area contributed by atoms with Crippen LogP contribution in [0.4, 0.5) is 0 Å². The first-order valence-corrected chi connectivity index (χ1v) is 6.57. The monoisotopic (exact) mass is 272 g/mol. The lowest BCUT2D eigenvalue weighted by molar-refractivity contribution is 0.201. The van der Waals surface area contributed by atoms with Gasteiger partial charge in [0.15, 0.2) is 0 Å². The molecule has 1 rings (SSSR count). The molecule has 1 aromatic carbocycles. The number of ether oxygens (including phenoxy) is 1. The van der Waals surface area contributed by atoms with Crippen LogP contribution in [0.3, 0.4) is 0 Å². The summed E-state index contributed by atoms with van der Waals surface area (Å²) in [5, 5.41) is 17.3. The summed E-state index contributed by atoms with van der Waals surface area (Å²) in [6, 6.07) is 9.85. The van der Waals surface area contributed by atoms with E-state index in [-0.39, 0.29) is 12.6 Å². The van der Waals surface area contributed by atoms with Gasteiger partial charge >= 0.3 is 0 Å². The summed E-state index contributed by atoms with van der Waals surface area (Å²) >= 11 is 0. The summed E-state index contributed by atoms with van der Waals surface area (Å²) < 4.78 is 5.64. The van der Waals surface area contributed by atoms with Crippen LogP contribution < -0.4 is 4.74 Å². The van der Waals surface area contributed by atoms with Crippen LogP contribution in [0.2, 0.25) is 0 Å². The highest BCUT2D eigenvalue weighted by Gasteiger charge is 2.07. The number of nitrogens with zero attached hydrogens (tertiary/aromatic N) is 2. The molecule has 1 N–H and O–H groups in total. The van der Waals surface area contributed by atoms with Gasteiger partial charge in [0.2, 0.25) is 0 Å². The van der Waals surface area contributed by atoms with Crippen molar-refractivity contribution in [2.75, 3.05) is 26.8 Å². The Hall–Kier alpha value is -2.01. The van der Waals surface area contributed by atoms with Gasteiger partial charge in [0.1, 0.15) is 19.0 Å². The maximum atomic E-state index is 8.64. The predicted molar refractivity (Wildman–Crippen MR) is 78.2 cm³/mol. The fraction of sp³-hybridized carbons (Fsp3) is 0.438. The van der Waals surface area contributed by atoms with E-state index in [2.05, 4.69) is 22.8 Å². The quantitative estimate of drug-likeness (QED) is 0.800. The average Bonchev–Trinajstić information content (AvgIpc) is 2.46. The third-order valence-electron chi connectivity index (χ3n) is 3.02. The van der Waals surface area contributed by atoms with Gasteiger partial charge in [0, 0.05) is 18.2 Å². The molecule has 0 aliphatic heterocycles. The van der Waals surface area contributed by atoms with Crippen LogP contribution in [-0.2, 0) is 0 Å². The zero-order valence-corrected chi connectivity index (χ0v) is 12.0. The molecule has 0 aromatic heterocycles. The van der Waals surface area contributed by atoms with Crippen molar-refractivity contribution in [2.45, 2.75) is 19.4 Å². The second-order valence-corrected chi connectivity index (χ2v) is 4.52. The zero-order chi connectivity index (χ0) is 14.8. The molecule has 106 valence electrons. The minimum absolute atomic E-state index is 0.133. The van der Waals surface area contributed by atoms with Crippen molar-refractivity contribution in [3.8, 4) is 23.7 Å². The number of hydrogen-bond acceptors (Lipinski definition) is 4. The molecule has 1 unspecified atom stereocenters. The van der Waals surface area contributed by atoms with E-state index in [0.717, 1.165) is 17.9 Å². The highest BCUT2D eigenvalue weighted by atomic mass is 16.5. The van der Waals surface area contributed by atoms with Crippen molar-refractivity contribution in [2.24, 2.45) is 0 Å². The lowest BCUT2D eigenvalue weighted by atomic mass is 10.2. The molecule has 1 aromatic rings. The minimum Gasteiger partial charge on any atom is -0.492 e. The van der Waals surface area contributed by atoms with E-state index in [9.17, 15) is 0 Å². The molecule has 0 saturated heterocycles. The summed E-state index contributed by atoms with van der Waals surface area (Å²) in [6.45, 7) is 3.24. The summed E-state index contributed by atoms with van der Waals surface area (Å²) in [5.41, 5.74) is 0.853. The van der Waals surface area contributed by atoms with Gasteiger partial charge in [0.25, 0.3) is 0 Å². The SMILES string of the molecule is CC(CC#N)N(C)CCOc1ccc(C#CCO)cc1. The fourth-order valence-electron chi connectivity index (χ4n) is 1.59. The normalized spacial score (nSPS) is 11.3. The van der Waals surface area contributed by atoms with Gasteiger partial charge in [-0.25, -0.2) is 0 Å². The molecule has 4 nitrogen and oxygen atoms in total. The molecule has 0 fully saturated rings. The highest BCUT2D eigenvalue weighted by Crippen LogP contribution is 2.11. The Morgan fingerprint density at radius 2 is 2.05 bits per heavy atom. The van der Waals surface area contributed by atoms with Crippen molar-refractivity contribution in [3.05, 3.63) is 29.8 Å². The lowest BCUT2D eigenvalue weighted by Gasteiger charge is -2.22. The maximum absolute atomic E-state index is 8.64. The van der Waals surface area contributed by atoms with Crippen LogP contribution >= 0.6 is 0 Å². The summed E-state index contributed by atoms with van der Waals surface area (Å²) in [5.74, 6) is 6.22. The second-order valence-electron chi connectivity index (χ2n) is 4.52. The number of hydrogen-bond donors (Lipinski definition) is 1. The molecule has 0 radical (unpaired) electrons. The number of rotatable bonds is 6. The number of aliphatic hydroxyl groups is 1. The van der Waals surface area contributed by atoms with Crippen LogP contribution in [0, 0.1) is 23.2 Å². The first kappa shape index (κ1) is 16.0. The summed E-state index contributed by atoms with van der Waals surface area (Å²) in [7, 11) is 1.99. The first-order valence-electron chi connectivity index (χ1n) is 6.57. The molecule has 0 bridgehead atoms. The minimum atomic E-state index is -0.133. The third kappa shape index (κ3) is 5.75. The molecule has 0 amide bonds. The zero-order valence-electron chi connectivity index (χ0n) is 12.0. The van der Waals surface area contributed by atoms with Crippen molar-refractivity contribution in [1.82, 2.24) is 4.90 Å². The molecule has 0 aliphatic rings. The van der Waals surface area contributed by atoms with Gasteiger partial charge in [-0.1, -0.05) is 11.8 Å². The first-order chi connectivity index (χ1) is 9.67. The van der Waals surface area contributed by atoms with Crippen LogP contribution in [0.15, 0.2) is 24.3 Å². The smallest absolute Gasteiger partial charge is 0.119 e. The second kappa shape index (κ2) is 8.98. The molecule has 0 aliphatic carbocycles. The molecular weight excluding hydrogens is 252 g/mol. The van der Waals surface area contributed by atoms with E-state index in [1.807, 2.05) is 38.2 Å². The van der Waals surface area contributed by atoms with Crippen LogP contribution in [0.5, 0.6) is 5.75 Å². The topological polar surface area (TPSA) is 56.5 Å². The largest absolute Gasteiger partial charge is 0.492 e.